The lowest BCUT2D eigenvalue weighted by Gasteiger charge is -2.37. The highest BCUT2D eigenvalue weighted by atomic mass is 16.5. The van der Waals surface area contributed by atoms with Gasteiger partial charge in [0.2, 0.25) is 5.91 Å². The van der Waals surface area contributed by atoms with Crippen LogP contribution in [0.2, 0.25) is 0 Å². The summed E-state index contributed by atoms with van der Waals surface area (Å²) in [5, 5.41) is 3.22. The van der Waals surface area contributed by atoms with Gasteiger partial charge in [0.05, 0.1) is 5.92 Å². The van der Waals surface area contributed by atoms with E-state index >= 15 is 0 Å². The molecule has 0 radical (unpaired) electrons. The molecule has 1 amide bonds. The van der Waals surface area contributed by atoms with Crippen LogP contribution in [0, 0.1) is 25.2 Å². The highest BCUT2D eigenvalue weighted by Crippen LogP contribution is 2.44. The lowest BCUT2D eigenvalue weighted by molar-refractivity contribution is -0.129. The van der Waals surface area contributed by atoms with Crippen molar-refractivity contribution < 1.29 is 9.53 Å². The van der Waals surface area contributed by atoms with Crippen molar-refractivity contribution in [2.45, 2.75) is 39.7 Å². The second-order valence-electron chi connectivity index (χ2n) is 9.01. The largest absolute Gasteiger partial charge is 0.381 e. The van der Waals surface area contributed by atoms with Gasteiger partial charge in [-0.2, -0.15) is 0 Å². The Bertz CT molecular complexity index is 862. The van der Waals surface area contributed by atoms with Gasteiger partial charge >= 0.3 is 0 Å². The van der Waals surface area contributed by atoms with E-state index < -0.39 is 0 Å². The molecule has 3 heterocycles. The summed E-state index contributed by atoms with van der Waals surface area (Å²) < 4.78 is 5.65. The van der Waals surface area contributed by atoms with Gasteiger partial charge in [-0.1, -0.05) is 18.2 Å². The number of hydrogen-bond donors (Lipinski definition) is 1. The molecule has 5 nitrogen and oxygen atoms in total. The minimum absolute atomic E-state index is 0.0328. The molecule has 1 aromatic heterocycles. The third kappa shape index (κ3) is 4.73. The number of ether oxygens (including phenoxy) is 1. The molecule has 1 N–H and O–H groups in total. The van der Waals surface area contributed by atoms with Crippen molar-refractivity contribution >= 4 is 5.91 Å². The zero-order chi connectivity index (χ0) is 21.0. The van der Waals surface area contributed by atoms with E-state index in [0.717, 1.165) is 52.1 Å². The fourth-order valence-corrected chi connectivity index (χ4v) is 5.00. The molecule has 30 heavy (non-hydrogen) atoms. The number of nitrogens with zero attached hydrogens (tertiary/aromatic N) is 2. The Morgan fingerprint density at radius 1 is 1.13 bits per heavy atom. The standard InChI is InChI=1S/C25H33N3O2/c1-19-3-4-22(15-20(19)2)16-28-17-23(25(18-28)8-13-30-14-9-25)24(29)27-12-7-21-5-10-26-11-6-21/h3-6,10-11,15,23H,7-9,12-14,16-18H2,1-2H3,(H,27,29). The summed E-state index contributed by atoms with van der Waals surface area (Å²) in [6.07, 6.45) is 6.38. The Morgan fingerprint density at radius 3 is 2.63 bits per heavy atom. The number of carbonyl (C=O) groups is 1. The molecule has 4 rings (SSSR count). The van der Waals surface area contributed by atoms with E-state index in [1.165, 1.54) is 22.3 Å². The van der Waals surface area contributed by atoms with Gasteiger partial charge < -0.3 is 10.1 Å². The number of hydrogen-bond acceptors (Lipinski definition) is 4. The molecule has 1 atom stereocenters. The molecule has 2 saturated heterocycles. The molecule has 2 fully saturated rings. The Labute approximate surface area is 179 Å². The number of aromatic nitrogens is 1. The number of benzene rings is 1. The molecule has 0 saturated carbocycles. The van der Waals surface area contributed by atoms with Gasteiger partial charge in [-0.25, -0.2) is 0 Å². The lowest BCUT2D eigenvalue weighted by Crippen LogP contribution is -2.44. The molecular weight excluding hydrogens is 374 g/mol. The van der Waals surface area contributed by atoms with E-state index in [4.69, 9.17) is 4.74 Å². The summed E-state index contributed by atoms with van der Waals surface area (Å²) >= 11 is 0. The summed E-state index contributed by atoms with van der Waals surface area (Å²) in [4.78, 5) is 19.7. The van der Waals surface area contributed by atoms with Crippen LogP contribution in [-0.2, 0) is 22.5 Å². The van der Waals surface area contributed by atoms with Crippen molar-refractivity contribution in [2.75, 3.05) is 32.8 Å². The quantitative estimate of drug-likeness (QED) is 0.798. The lowest BCUT2D eigenvalue weighted by atomic mass is 9.71. The number of pyridine rings is 1. The van der Waals surface area contributed by atoms with Crippen molar-refractivity contribution in [2.24, 2.45) is 11.3 Å². The highest BCUT2D eigenvalue weighted by Gasteiger charge is 2.50. The third-order valence-corrected chi connectivity index (χ3v) is 6.96. The first kappa shape index (κ1) is 21.0. The second-order valence-corrected chi connectivity index (χ2v) is 9.01. The van der Waals surface area contributed by atoms with Crippen molar-refractivity contribution in [1.82, 2.24) is 15.2 Å². The minimum Gasteiger partial charge on any atom is -0.381 e. The van der Waals surface area contributed by atoms with Crippen molar-refractivity contribution in [3.8, 4) is 0 Å². The van der Waals surface area contributed by atoms with Crippen molar-refractivity contribution in [3.05, 3.63) is 65.0 Å². The maximum absolute atomic E-state index is 13.2. The fraction of sp³-hybridized carbons (Fsp3) is 0.520. The van der Waals surface area contributed by atoms with Gasteiger partial charge in [-0.05, 0) is 67.5 Å². The van der Waals surface area contributed by atoms with E-state index in [9.17, 15) is 4.79 Å². The van der Waals surface area contributed by atoms with E-state index in [-0.39, 0.29) is 17.2 Å². The van der Waals surface area contributed by atoms with Gasteiger partial charge in [-0.15, -0.1) is 0 Å². The second kappa shape index (κ2) is 9.27. The highest BCUT2D eigenvalue weighted by molar-refractivity contribution is 5.80. The van der Waals surface area contributed by atoms with Gasteiger partial charge in [0.25, 0.3) is 0 Å². The molecular formula is C25H33N3O2. The number of carbonyl (C=O) groups excluding carboxylic acids is 1. The van der Waals surface area contributed by atoms with Crippen LogP contribution < -0.4 is 5.32 Å². The molecule has 2 aliphatic heterocycles. The van der Waals surface area contributed by atoms with Gasteiger partial charge in [0.1, 0.15) is 0 Å². The zero-order valence-corrected chi connectivity index (χ0v) is 18.2. The van der Waals surface area contributed by atoms with Crippen LogP contribution in [0.25, 0.3) is 0 Å². The summed E-state index contributed by atoms with van der Waals surface area (Å²) in [5.41, 5.74) is 5.23. The SMILES string of the molecule is Cc1ccc(CN2CC(C(=O)NCCc3ccncc3)C3(CCOCC3)C2)cc1C. The summed E-state index contributed by atoms with van der Waals surface area (Å²) in [5.74, 6) is 0.235. The number of aryl methyl sites for hydroxylation is 2. The average molecular weight is 408 g/mol. The van der Waals surface area contributed by atoms with Crippen LogP contribution >= 0.6 is 0 Å². The first-order valence-corrected chi connectivity index (χ1v) is 11.1. The van der Waals surface area contributed by atoms with Gasteiger partial charge in [0.15, 0.2) is 0 Å². The topological polar surface area (TPSA) is 54.5 Å². The Hall–Kier alpha value is -2.24. The van der Waals surface area contributed by atoms with Crippen LogP contribution in [-0.4, -0.2) is 48.6 Å². The maximum atomic E-state index is 13.2. The van der Waals surface area contributed by atoms with Crippen LogP contribution in [0.3, 0.4) is 0 Å². The summed E-state index contributed by atoms with van der Waals surface area (Å²) in [6.45, 7) is 9.23. The Morgan fingerprint density at radius 2 is 1.90 bits per heavy atom. The predicted octanol–water partition coefficient (Wildman–Crippen LogP) is 3.29. The Kier molecular flexibility index (Phi) is 6.49. The van der Waals surface area contributed by atoms with Crippen LogP contribution in [0.4, 0.5) is 0 Å². The Balaban J connectivity index is 1.41. The van der Waals surface area contributed by atoms with E-state index in [2.05, 4.69) is 47.2 Å². The average Bonchev–Trinajstić information content (AvgIpc) is 3.09. The third-order valence-electron chi connectivity index (χ3n) is 6.96. The fourth-order valence-electron chi connectivity index (χ4n) is 5.00. The van der Waals surface area contributed by atoms with Crippen molar-refractivity contribution in [3.63, 3.8) is 0 Å². The number of likely N-dealkylation sites (tertiary alicyclic amines) is 1. The van der Waals surface area contributed by atoms with E-state index in [1.807, 2.05) is 12.1 Å². The number of nitrogens with one attached hydrogen (secondary N) is 1. The van der Waals surface area contributed by atoms with Crippen LogP contribution in [0.5, 0.6) is 0 Å². The zero-order valence-electron chi connectivity index (χ0n) is 18.2. The summed E-state index contributed by atoms with van der Waals surface area (Å²) in [7, 11) is 0. The van der Waals surface area contributed by atoms with Crippen molar-refractivity contribution in [1.29, 1.82) is 0 Å². The molecule has 0 aliphatic carbocycles. The normalized spacial score (nSPS) is 21.1. The first-order chi connectivity index (χ1) is 14.6. The molecule has 160 valence electrons. The number of amides is 1. The minimum atomic E-state index is 0.0328. The number of rotatable bonds is 6. The first-order valence-electron chi connectivity index (χ1n) is 11.1. The molecule has 0 bridgehead atoms. The maximum Gasteiger partial charge on any atom is 0.225 e. The van der Waals surface area contributed by atoms with Gasteiger partial charge in [-0.3, -0.25) is 14.7 Å². The van der Waals surface area contributed by atoms with Crippen LogP contribution in [0.15, 0.2) is 42.7 Å². The summed E-state index contributed by atoms with van der Waals surface area (Å²) in [6, 6.07) is 10.7. The van der Waals surface area contributed by atoms with E-state index in [0.29, 0.717) is 6.54 Å². The van der Waals surface area contributed by atoms with Crippen LogP contribution in [0.1, 0.15) is 35.1 Å². The molecule has 1 aromatic carbocycles. The monoisotopic (exact) mass is 407 g/mol. The van der Waals surface area contributed by atoms with E-state index in [1.54, 1.807) is 12.4 Å². The van der Waals surface area contributed by atoms with Gasteiger partial charge in [0, 0.05) is 57.2 Å². The smallest absolute Gasteiger partial charge is 0.225 e. The molecule has 2 aromatic rings. The molecule has 5 heteroatoms. The predicted molar refractivity (Wildman–Crippen MR) is 118 cm³/mol. The molecule has 1 unspecified atom stereocenters. The molecule has 2 aliphatic rings. The molecule has 1 spiro atoms.